The maximum Gasteiger partial charge on any atom is 0.136 e. The molecule has 0 saturated heterocycles. The quantitative estimate of drug-likeness (QED) is 0.149. The Labute approximate surface area is 745 Å². The van der Waals surface area contributed by atoms with Gasteiger partial charge in [0.15, 0.2) is 0 Å². The van der Waals surface area contributed by atoms with Crippen LogP contribution in [0.2, 0.25) is 0 Å². The fraction of sp³-hybridized carbons (Fsp3) is 0.0261. The molecule has 0 amide bonds. The standard InChI is InChI=1S/C41H28O.C38H24O.C36H22O/c1-41(2)34-19-9-7-12-26(34)33-24-25(22-23-35(33)41)38-27-13-3-5-15-29(27)39(30-16-6-4-14-28(30)38)32-18-11-21-37-40(32)31-17-8-10-20-36(31)42-37;1-2-12-25(13-3-1)26-14-10-15-27(24-26)36-28-16-4-6-18-30(28)37(31-19-7-5-17-29(31)36)33-21-11-23-35-38(33)32-20-8-9-22-34(32)39-35;1-2-13-24-23(11-1)12-9-19-25(24)34-26-14-3-5-16-28(26)35(29-17-6-4-15-27(29)34)31-20-10-22-33-36(31)30-18-7-8-21-32(30)37-33/h3-24H,1-2H3;1-24H;1-22H/i3D,4D,5D,6D,8D,10D,11D,13D,14D,15D,16D,17D,18D,20D,21D;4D,5D,6D,7D,8D,9D,11D,16D,17D,18D,19D,20D,21D,22D,23D;3D,4D,5D,6D,7D,8D,10D,14D,15D,16D,17D,18D,20D,21D,22D. The normalized spacial score (nSPS) is 17.7. The Kier molecular flexibility index (Phi) is 8.64. The second kappa shape index (κ2) is 27.6. The zero-order valence-electron chi connectivity index (χ0n) is 107. The minimum absolute atomic E-state index is 0.0606. The Morgan fingerprint density at radius 2 is 0.500 bits per heavy atom. The van der Waals surface area contributed by atoms with Gasteiger partial charge in [0.25, 0.3) is 0 Å². The molecule has 0 bridgehead atoms. The summed E-state index contributed by atoms with van der Waals surface area (Å²) in [6.07, 6.45) is 0. The average Bonchev–Trinajstić information content (AvgIpc) is 1.68. The van der Waals surface area contributed by atoms with E-state index in [9.17, 15) is 20.6 Å². The van der Waals surface area contributed by atoms with Crippen LogP contribution in [0.1, 0.15) is 86.7 Å². The molecule has 3 heteroatoms. The summed E-state index contributed by atoms with van der Waals surface area (Å²) < 4.78 is 418. The molecule has 25 rings (SSSR count). The molecule has 0 unspecified atom stereocenters. The average molecular weight is 1550 g/mol. The SMILES string of the molecule is [2H]c1c([2H])c([2H])c2c(oc3c([2H])c([2H])c([2H])c(-c4c5c([2H])c([2H])c([2H])c([2H])c5c(-c5ccc6c(c5)-c5ccccc5C6(C)C)c5c([2H])c([2H])c([2H])c([2H])c45)c32)c1[2H].[2H]c1c([2H])c([2H])c2c(oc3c([2H])c([2H])c([2H])c(-c4c5c([2H])c([2H])c([2H])c([2H])c5c(-c5cccc(-c6ccccc6)c5)c5c([2H])c([2H])c([2H])c([2H])c45)c32)c1[2H].[2H]c1c([2H])c([2H])c2c(oc3c([2H])c([2H])c([2H])c(-c4c5c([2H])c([2H])c([2H])c([2H])c5c(-c5cccc6ccccc56)c5c([2H])c([2H])c([2H])c([2H])c45)c32)c1[2H]. The third-order valence-corrected chi connectivity index (χ3v) is 21.9. The fourth-order valence-electron chi connectivity index (χ4n) is 16.9. The van der Waals surface area contributed by atoms with Gasteiger partial charge in [-0.15, -0.1) is 0 Å². The van der Waals surface area contributed by atoms with E-state index in [0.29, 0.717) is 27.6 Å². The van der Waals surface area contributed by atoms with Crippen LogP contribution in [0, 0.1) is 0 Å². The van der Waals surface area contributed by atoms with Gasteiger partial charge in [-0.05, 0) is 224 Å². The molecule has 0 saturated carbocycles. The molecule has 118 heavy (non-hydrogen) atoms. The lowest BCUT2D eigenvalue weighted by Gasteiger charge is -2.22. The number of hydrogen-bond acceptors (Lipinski definition) is 3. The highest BCUT2D eigenvalue weighted by Crippen LogP contribution is 2.55. The van der Waals surface area contributed by atoms with Gasteiger partial charge in [0, 0.05) is 37.7 Å². The summed E-state index contributed by atoms with van der Waals surface area (Å²) in [5.74, 6) is 0. The van der Waals surface area contributed by atoms with Crippen molar-refractivity contribution in [1.82, 2.24) is 0 Å². The summed E-state index contributed by atoms with van der Waals surface area (Å²) >= 11 is 0. The smallest absolute Gasteiger partial charge is 0.136 e. The van der Waals surface area contributed by atoms with Gasteiger partial charge in [0.2, 0.25) is 0 Å². The third-order valence-electron chi connectivity index (χ3n) is 21.9. The molecule has 3 nitrogen and oxygen atoms in total. The number of para-hydroxylation sites is 3. The highest BCUT2D eigenvalue weighted by molar-refractivity contribution is 6.30. The molecule has 0 N–H and O–H groups in total. The highest BCUT2D eigenvalue weighted by atomic mass is 16.3. The molecule has 3 aromatic heterocycles. The molecule has 21 aromatic carbocycles. The first-order valence-corrected chi connectivity index (χ1v) is 37.1. The molecular formula is C115H74O3. The van der Waals surface area contributed by atoms with Crippen LogP contribution < -0.4 is 0 Å². The van der Waals surface area contributed by atoms with E-state index in [1.54, 1.807) is 48.5 Å². The predicted octanol–water partition coefficient (Wildman–Crippen LogP) is 32.8. The van der Waals surface area contributed by atoms with Crippen molar-refractivity contribution in [1.29, 1.82) is 0 Å². The number of benzene rings is 21. The summed E-state index contributed by atoms with van der Waals surface area (Å²) in [5.41, 5.74) is 1.97. The van der Waals surface area contributed by atoms with Crippen LogP contribution in [-0.4, -0.2) is 0 Å². The van der Waals surface area contributed by atoms with Crippen molar-refractivity contribution in [2.75, 3.05) is 0 Å². The molecule has 1 aliphatic carbocycles. The minimum atomic E-state index is -0.713. The van der Waals surface area contributed by atoms with Gasteiger partial charge in [-0.3, -0.25) is 0 Å². The molecule has 0 fully saturated rings. The number of furan rings is 3. The van der Waals surface area contributed by atoms with E-state index in [2.05, 4.69) is 13.8 Å². The van der Waals surface area contributed by atoms with Crippen molar-refractivity contribution in [3.63, 3.8) is 0 Å². The summed E-state index contributed by atoms with van der Waals surface area (Å²) in [6.45, 7) is 4.18. The van der Waals surface area contributed by atoms with Crippen molar-refractivity contribution >= 4 is 141 Å². The molecule has 0 radical (unpaired) electrons. The van der Waals surface area contributed by atoms with Crippen molar-refractivity contribution in [3.8, 4) is 89.0 Å². The maximum atomic E-state index is 9.41. The van der Waals surface area contributed by atoms with E-state index in [4.69, 9.17) is 54.4 Å². The molecule has 1 aliphatic rings. The van der Waals surface area contributed by atoms with Crippen LogP contribution >= 0.6 is 0 Å². The maximum absolute atomic E-state index is 9.41. The molecule has 0 atom stereocenters. The van der Waals surface area contributed by atoms with Crippen molar-refractivity contribution in [3.05, 3.63) is 423 Å². The van der Waals surface area contributed by atoms with Crippen LogP contribution in [0.15, 0.2) is 425 Å². The van der Waals surface area contributed by atoms with E-state index in [1.807, 2.05) is 91.0 Å². The molecule has 24 aromatic rings. The molecule has 3 heterocycles. The Morgan fingerprint density at radius 3 is 0.941 bits per heavy atom. The van der Waals surface area contributed by atoms with Crippen molar-refractivity contribution in [2.24, 2.45) is 0 Å². The fourth-order valence-corrected chi connectivity index (χ4v) is 16.9. The molecule has 0 aliphatic heterocycles. The Bertz CT molecular complexity index is 10900. The van der Waals surface area contributed by atoms with Gasteiger partial charge in [-0.25, -0.2) is 0 Å². The summed E-state index contributed by atoms with van der Waals surface area (Å²) in [4.78, 5) is 0. The van der Waals surface area contributed by atoms with Crippen LogP contribution in [0.5, 0.6) is 0 Å². The van der Waals surface area contributed by atoms with Crippen LogP contribution in [0.25, 0.3) is 230 Å². The second-order valence-electron chi connectivity index (χ2n) is 28.4. The lowest BCUT2D eigenvalue weighted by atomic mass is 9.81. The van der Waals surface area contributed by atoms with Gasteiger partial charge in [-0.1, -0.05) is 377 Å². The second-order valence-corrected chi connectivity index (χ2v) is 28.4. The zero-order chi connectivity index (χ0) is 117. The van der Waals surface area contributed by atoms with E-state index >= 15 is 0 Å². The Hall–Kier alpha value is -15.2. The van der Waals surface area contributed by atoms with Crippen molar-refractivity contribution in [2.45, 2.75) is 19.3 Å². The van der Waals surface area contributed by atoms with Crippen LogP contribution in [-0.2, 0) is 5.41 Å². The minimum Gasteiger partial charge on any atom is -0.456 e. The first kappa shape index (κ1) is 37.0. The Balaban J connectivity index is 0.000000131. The van der Waals surface area contributed by atoms with Gasteiger partial charge in [0.1, 0.15) is 33.5 Å². The topological polar surface area (TPSA) is 39.4 Å². The third kappa shape index (κ3) is 10.8. The molecular weight excluding hydrogens is 1430 g/mol. The zero-order valence-corrected chi connectivity index (χ0v) is 61.5. The Morgan fingerprint density at radius 1 is 0.195 bits per heavy atom. The summed E-state index contributed by atoms with van der Waals surface area (Å²) in [7, 11) is 0. The van der Waals surface area contributed by atoms with Gasteiger partial charge >= 0.3 is 0 Å². The van der Waals surface area contributed by atoms with Gasteiger partial charge < -0.3 is 13.3 Å². The first-order valence-electron chi connectivity index (χ1n) is 59.6. The predicted molar refractivity (Wildman–Crippen MR) is 499 cm³/mol. The monoisotopic (exact) mass is 1550 g/mol. The first-order chi connectivity index (χ1) is 77.0. The van der Waals surface area contributed by atoms with E-state index < -0.39 is 294 Å². The van der Waals surface area contributed by atoms with Gasteiger partial charge in [0.05, 0.1) is 61.7 Å². The summed E-state index contributed by atoms with van der Waals surface area (Å²) in [5, 5.41) is -2.56. The lowest BCUT2D eigenvalue weighted by molar-refractivity contribution is 0.660. The van der Waals surface area contributed by atoms with E-state index in [1.165, 1.54) is 0 Å². The van der Waals surface area contributed by atoms with E-state index in [0.717, 1.165) is 33.2 Å². The van der Waals surface area contributed by atoms with Gasteiger partial charge in [-0.2, -0.15) is 0 Å². The molecule has 552 valence electrons. The highest BCUT2D eigenvalue weighted by Gasteiger charge is 2.36. The van der Waals surface area contributed by atoms with Crippen LogP contribution in [0.4, 0.5) is 0 Å². The number of rotatable bonds is 7. The largest absolute Gasteiger partial charge is 0.456 e. The van der Waals surface area contributed by atoms with Crippen LogP contribution in [0.3, 0.4) is 0 Å². The number of hydrogen-bond donors (Lipinski definition) is 0. The summed E-state index contributed by atoms with van der Waals surface area (Å²) in [6, 6.07) is 13.5. The number of fused-ring (bicyclic) bond motifs is 19. The lowest BCUT2D eigenvalue weighted by Crippen LogP contribution is -2.14. The molecule has 0 spiro atoms. The van der Waals surface area contributed by atoms with Crippen molar-refractivity contribution < 1.29 is 74.9 Å². The van der Waals surface area contributed by atoms with E-state index in [-0.39, 0.29) is 164 Å².